The molecular weight excluding hydrogens is 400 g/mol. The molecule has 0 aromatic heterocycles. The lowest BCUT2D eigenvalue weighted by Gasteiger charge is -2.40. The number of carboxylic acid groups (broad SMARTS) is 2. The van der Waals surface area contributed by atoms with E-state index < -0.39 is 17.4 Å². The van der Waals surface area contributed by atoms with Crippen molar-refractivity contribution in [1.82, 2.24) is 0 Å². The summed E-state index contributed by atoms with van der Waals surface area (Å²) in [4.78, 5) is 23.1. The summed E-state index contributed by atoms with van der Waals surface area (Å²) < 4.78 is 0. The van der Waals surface area contributed by atoms with Crippen LogP contribution in [0.25, 0.3) is 0 Å². The molecule has 0 radical (unpaired) electrons. The number of rotatable bonds is 23. The predicted molar refractivity (Wildman–Crippen MR) is 130 cm³/mol. The fourth-order valence-electron chi connectivity index (χ4n) is 5.16. The van der Waals surface area contributed by atoms with Gasteiger partial charge in [0.2, 0.25) is 0 Å². The summed E-state index contributed by atoms with van der Waals surface area (Å²) in [7, 11) is 0. The molecule has 0 aliphatic carbocycles. The first-order valence-corrected chi connectivity index (χ1v) is 13.8. The number of carboxylic acids is 2. The van der Waals surface area contributed by atoms with Gasteiger partial charge < -0.3 is 19.8 Å². The van der Waals surface area contributed by atoms with E-state index in [4.69, 9.17) is 0 Å². The van der Waals surface area contributed by atoms with Crippen molar-refractivity contribution in [1.29, 1.82) is 0 Å². The van der Waals surface area contributed by atoms with E-state index in [0.717, 1.165) is 96.3 Å². The molecule has 0 saturated carbocycles. The SMILES string of the molecule is CCCCC(CC)CC(CCCCCCCCCC(=O)[O-])(CC(CC)CCCC)C(=O)[O-]. The molecule has 32 heavy (non-hydrogen) atoms. The normalized spacial score (nSPS) is 15.2. The second-order valence-electron chi connectivity index (χ2n) is 10.2. The first-order valence-electron chi connectivity index (χ1n) is 13.8. The Hall–Kier alpha value is -1.06. The summed E-state index contributed by atoms with van der Waals surface area (Å²) in [5, 5.41) is 23.1. The molecule has 0 aromatic rings. The molecule has 2 atom stereocenters. The van der Waals surface area contributed by atoms with Crippen molar-refractivity contribution in [3.05, 3.63) is 0 Å². The van der Waals surface area contributed by atoms with E-state index in [0.29, 0.717) is 18.3 Å². The zero-order chi connectivity index (χ0) is 24.2. The Balaban J connectivity index is 4.93. The standard InChI is InChI=1S/C28H54O4/c1-5-9-18-24(7-3)22-28(27(31)32,23-25(8-4)19-10-6-2)21-17-15-13-11-12-14-16-20-26(29)30/h24-25H,5-23H2,1-4H3,(H,29,30)(H,31,32)/p-2. The molecule has 0 spiro atoms. The van der Waals surface area contributed by atoms with Crippen LogP contribution in [-0.2, 0) is 9.59 Å². The lowest BCUT2D eigenvalue weighted by Crippen LogP contribution is -2.45. The average molecular weight is 453 g/mol. The summed E-state index contributed by atoms with van der Waals surface area (Å²) in [6, 6.07) is 0. The highest BCUT2D eigenvalue weighted by Crippen LogP contribution is 2.42. The highest BCUT2D eigenvalue weighted by molar-refractivity contribution is 5.72. The van der Waals surface area contributed by atoms with Crippen LogP contribution in [0, 0.1) is 17.3 Å². The van der Waals surface area contributed by atoms with E-state index in [9.17, 15) is 19.8 Å². The van der Waals surface area contributed by atoms with Crippen LogP contribution in [0.1, 0.15) is 150 Å². The smallest absolute Gasteiger partial charge is 0.0476 e. The van der Waals surface area contributed by atoms with Crippen LogP contribution in [0.3, 0.4) is 0 Å². The molecule has 4 nitrogen and oxygen atoms in total. The Bertz CT molecular complexity index is 456. The first-order chi connectivity index (χ1) is 15.3. The molecule has 0 bridgehead atoms. The molecule has 0 rings (SSSR count). The van der Waals surface area contributed by atoms with Crippen LogP contribution in [0.15, 0.2) is 0 Å². The van der Waals surface area contributed by atoms with Crippen molar-refractivity contribution in [3.8, 4) is 0 Å². The van der Waals surface area contributed by atoms with E-state index in [1.165, 1.54) is 12.8 Å². The average Bonchev–Trinajstić information content (AvgIpc) is 2.77. The summed E-state index contributed by atoms with van der Waals surface area (Å²) in [6.45, 7) is 8.81. The largest absolute Gasteiger partial charge is 0.550 e. The quantitative estimate of drug-likeness (QED) is 0.173. The summed E-state index contributed by atoms with van der Waals surface area (Å²) >= 11 is 0. The van der Waals surface area contributed by atoms with Crippen LogP contribution in [0.4, 0.5) is 0 Å². The van der Waals surface area contributed by atoms with Gasteiger partial charge in [-0.05, 0) is 43.9 Å². The number of unbranched alkanes of at least 4 members (excludes halogenated alkanes) is 8. The summed E-state index contributed by atoms with van der Waals surface area (Å²) in [5.41, 5.74) is -0.683. The molecule has 0 amide bonds. The zero-order valence-electron chi connectivity index (χ0n) is 21.7. The van der Waals surface area contributed by atoms with Gasteiger partial charge in [-0.15, -0.1) is 0 Å². The second kappa shape index (κ2) is 19.4. The van der Waals surface area contributed by atoms with Crippen molar-refractivity contribution in [3.63, 3.8) is 0 Å². The highest BCUT2D eigenvalue weighted by Gasteiger charge is 2.35. The number of carbonyl (C=O) groups excluding carboxylic acids is 2. The highest BCUT2D eigenvalue weighted by atomic mass is 16.4. The maximum atomic E-state index is 12.6. The van der Waals surface area contributed by atoms with Crippen LogP contribution < -0.4 is 10.2 Å². The van der Waals surface area contributed by atoms with E-state index in [-0.39, 0.29) is 6.42 Å². The van der Waals surface area contributed by atoms with Crippen LogP contribution in [-0.4, -0.2) is 11.9 Å². The maximum absolute atomic E-state index is 12.6. The number of hydrogen-bond donors (Lipinski definition) is 0. The molecule has 0 fully saturated rings. The van der Waals surface area contributed by atoms with Gasteiger partial charge in [-0.3, -0.25) is 0 Å². The Labute approximate surface area is 199 Å². The number of carbonyl (C=O) groups is 2. The van der Waals surface area contributed by atoms with E-state index in [1.807, 2.05) is 0 Å². The molecule has 4 heteroatoms. The molecule has 0 aliphatic heterocycles. The van der Waals surface area contributed by atoms with Crippen LogP contribution in [0.5, 0.6) is 0 Å². The van der Waals surface area contributed by atoms with Gasteiger partial charge in [-0.1, -0.05) is 118 Å². The van der Waals surface area contributed by atoms with Gasteiger partial charge in [0.05, 0.1) is 0 Å². The minimum absolute atomic E-state index is 0.154. The third kappa shape index (κ3) is 14.2. The minimum Gasteiger partial charge on any atom is -0.550 e. The lowest BCUT2D eigenvalue weighted by molar-refractivity contribution is -0.322. The van der Waals surface area contributed by atoms with E-state index in [1.54, 1.807) is 0 Å². The Morgan fingerprint density at radius 1 is 0.656 bits per heavy atom. The topological polar surface area (TPSA) is 80.3 Å². The first kappa shape index (κ1) is 30.9. The lowest BCUT2D eigenvalue weighted by atomic mass is 9.67. The van der Waals surface area contributed by atoms with Gasteiger partial charge in [0.25, 0.3) is 0 Å². The van der Waals surface area contributed by atoms with E-state index >= 15 is 0 Å². The van der Waals surface area contributed by atoms with Crippen LogP contribution in [0.2, 0.25) is 0 Å². The van der Waals surface area contributed by atoms with Crippen LogP contribution >= 0.6 is 0 Å². The molecule has 0 aromatic carbocycles. The van der Waals surface area contributed by atoms with Gasteiger partial charge in [-0.25, -0.2) is 0 Å². The van der Waals surface area contributed by atoms with Gasteiger partial charge in [0.1, 0.15) is 0 Å². The van der Waals surface area contributed by atoms with Crippen molar-refractivity contribution in [2.24, 2.45) is 17.3 Å². The molecule has 190 valence electrons. The fraction of sp³-hybridized carbons (Fsp3) is 0.929. The van der Waals surface area contributed by atoms with Gasteiger partial charge in [-0.2, -0.15) is 0 Å². The van der Waals surface area contributed by atoms with Crippen molar-refractivity contribution >= 4 is 11.9 Å². The Morgan fingerprint density at radius 2 is 1.09 bits per heavy atom. The molecule has 0 saturated heterocycles. The monoisotopic (exact) mass is 452 g/mol. The predicted octanol–water partition coefficient (Wildman–Crippen LogP) is 6.20. The maximum Gasteiger partial charge on any atom is 0.0476 e. The fourth-order valence-corrected chi connectivity index (χ4v) is 5.16. The Morgan fingerprint density at radius 3 is 1.47 bits per heavy atom. The minimum atomic E-state index is -0.961. The van der Waals surface area contributed by atoms with Gasteiger partial charge >= 0.3 is 0 Å². The molecule has 0 N–H and O–H groups in total. The second-order valence-corrected chi connectivity index (χ2v) is 10.2. The van der Waals surface area contributed by atoms with Crippen molar-refractivity contribution in [2.75, 3.05) is 0 Å². The zero-order valence-corrected chi connectivity index (χ0v) is 21.7. The van der Waals surface area contributed by atoms with Crippen molar-refractivity contribution in [2.45, 2.75) is 150 Å². The number of aliphatic carboxylic acids is 2. The molecule has 2 unspecified atom stereocenters. The molecule has 0 aliphatic rings. The summed E-state index contributed by atoms with van der Waals surface area (Å²) in [6.07, 6.45) is 18.3. The van der Waals surface area contributed by atoms with Crippen molar-refractivity contribution < 1.29 is 19.8 Å². The third-order valence-electron chi connectivity index (χ3n) is 7.41. The van der Waals surface area contributed by atoms with E-state index in [2.05, 4.69) is 27.7 Å². The summed E-state index contributed by atoms with van der Waals surface area (Å²) in [5.74, 6) is -0.831. The van der Waals surface area contributed by atoms with Gasteiger partial charge in [0, 0.05) is 17.4 Å². The molecule has 0 heterocycles. The molecular formula is C28H52O4-2. The number of hydrogen-bond acceptors (Lipinski definition) is 4. The third-order valence-corrected chi connectivity index (χ3v) is 7.41. The Kier molecular flexibility index (Phi) is 18.8. The van der Waals surface area contributed by atoms with Gasteiger partial charge in [0.15, 0.2) is 0 Å².